The molecule has 0 spiro atoms. The van der Waals surface area contributed by atoms with Crippen molar-refractivity contribution in [3.8, 4) is 0 Å². The molecule has 5 heteroatoms. The van der Waals surface area contributed by atoms with E-state index in [0.717, 1.165) is 19.6 Å². The summed E-state index contributed by atoms with van der Waals surface area (Å²) < 4.78 is 5.59. The van der Waals surface area contributed by atoms with Crippen LogP contribution in [0.1, 0.15) is 46.1 Å². The van der Waals surface area contributed by atoms with E-state index in [-0.39, 0.29) is 11.3 Å². The second-order valence-corrected chi connectivity index (χ2v) is 7.58. The Morgan fingerprint density at radius 3 is 2.25 bits per heavy atom. The smallest absolute Gasteiger partial charge is 0.408 e. The van der Waals surface area contributed by atoms with Crippen molar-refractivity contribution < 1.29 is 14.3 Å². The Morgan fingerprint density at radius 1 is 1.17 bits per heavy atom. The molecule has 1 fully saturated rings. The molecule has 1 amide bonds. The monoisotopic (exact) mass is 332 g/mol. The summed E-state index contributed by atoms with van der Waals surface area (Å²) in [5, 5.41) is 2.77. The SMILES string of the molecule is CC(=O)C1(OC(=O)NC(C)(C)C)CCN(Cc2ccccc2)CC1. The first kappa shape index (κ1) is 18.5. The number of nitrogens with one attached hydrogen (secondary N) is 1. The molecule has 1 aliphatic heterocycles. The number of piperidine rings is 1. The van der Waals surface area contributed by atoms with Crippen LogP contribution in [0.25, 0.3) is 0 Å². The van der Waals surface area contributed by atoms with Crippen LogP contribution in [0.3, 0.4) is 0 Å². The molecule has 0 unspecified atom stereocenters. The number of hydrogen-bond acceptors (Lipinski definition) is 4. The van der Waals surface area contributed by atoms with Crippen LogP contribution in [0, 0.1) is 0 Å². The molecule has 0 atom stereocenters. The topological polar surface area (TPSA) is 58.6 Å². The van der Waals surface area contributed by atoms with Crippen molar-refractivity contribution in [2.24, 2.45) is 0 Å². The van der Waals surface area contributed by atoms with Crippen LogP contribution in [0.5, 0.6) is 0 Å². The quantitative estimate of drug-likeness (QED) is 0.920. The van der Waals surface area contributed by atoms with Gasteiger partial charge < -0.3 is 10.1 Å². The number of amides is 1. The van der Waals surface area contributed by atoms with Crippen molar-refractivity contribution in [1.82, 2.24) is 10.2 Å². The molecule has 0 radical (unpaired) electrons. The predicted molar refractivity (Wildman–Crippen MR) is 93.7 cm³/mol. The minimum Gasteiger partial charge on any atom is -0.435 e. The first-order chi connectivity index (χ1) is 11.2. The van der Waals surface area contributed by atoms with Crippen LogP contribution in [-0.2, 0) is 16.1 Å². The molecule has 1 aromatic rings. The number of benzene rings is 1. The van der Waals surface area contributed by atoms with E-state index in [0.29, 0.717) is 12.8 Å². The lowest BCUT2D eigenvalue weighted by molar-refractivity contribution is -0.140. The summed E-state index contributed by atoms with van der Waals surface area (Å²) in [5.41, 5.74) is -0.134. The van der Waals surface area contributed by atoms with E-state index in [1.165, 1.54) is 12.5 Å². The molecule has 0 saturated carbocycles. The van der Waals surface area contributed by atoms with Crippen LogP contribution in [0.15, 0.2) is 30.3 Å². The summed E-state index contributed by atoms with van der Waals surface area (Å²) in [6, 6.07) is 10.3. The first-order valence-corrected chi connectivity index (χ1v) is 8.49. The molecule has 0 aliphatic carbocycles. The average molecular weight is 332 g/mol. The lowest BCUT2D eigenvalue weighted by Gasteiger charge is -2.40. The molecule has 132 valence electrons. The van der Waals surface area contributed by atoms with Gasteiger partial charge in [-0.1, -0.05) is 30.3 Å². The van der Waals surface area contributed by atoms with Crippen LogP contribution in [0.4, 0.5) is 4.79 Å². The fraction of sp³-hybridized carbons (Fsp3) is 0.579. The third-order valence-corrected chi connectivity index (χ3v) is 4.32. The Hall–Kier alpha value is -1.88. The van der Waals surface area contributed by atoms with Crippen LogP contribution >= 0.6 is 0 Å². The Kier molecular flexibility index (Phi) is 5.65. The summed E-state index contributed by atoms with van der Waals surface area (Å²) >= 11 is 0. The number of hydrogen-bond donors (Lipinski definition) is 1. The lowest BCUT2D eigenvalue weighted by Crippen LogP contribution is -2.54. The second-order valence-electron chi connectivity index (χ2n) is 7.58. The van der Waals surface area contributed by atoms with Gasteiger partial charge in [-0.3, -0.25) is 9.69 Å². The zero-order valence-corrected chi connectivity index (χ0v) is 15.1. The van der Waals surface area contributed by atoms with Gasteiger partial charge in [-0.05, 0) is 33.3 Å². The molecule has 1 aromatic carbocycles. The maximum Gasteiger partial charge on any atom is 0.408 e. The van der Waals surface area contributed by atoms with Gasteiger partial charge >= 0.3 is 6.09 Å². The van der Waals surface area contributed by atoms with E-state index in [1.807, 2.05) is 39.0 Å². The van der Waals surface area contributed by atoms with Crippen molar-refractivity contribution in [2.75, 3.05) is 13.1 Å². The van der Waals surface area contributed by atoms with Gasteiger partial charge in [0.2, 0.25) is 0 Å². The fourth-order valence-electron chi connectivity index (χ4n) is 2.95. The number of alkyl carbamates (subject to hydrolysis) is 1. The third-order valence-electron chi connectivity index (χ3n) is 4.32. The van der Waals surface area contributed by atoms with E-state index >= 15 is 0 Å². The number of likely N-dealkylation sites (tertiary alicyclic amines) is 1. The zero-order valence-electron chi connectivity index (χ0n) is 15.1. The van der Waals surface area contributed by atoms with Gasteiger partial charge in [0.05, 0.1) is 0 Å². The standard InChI is InChI=1S/C19H28N2O3/c1-15(22)19(24-17(23)20-18(2,3)4)10-12-21(13-11-19)14-16-8-6-5-7-9-16/h5-9H,10-14H2,1-4H3,(H,20,23). The van der Waals surface area contributed by atoms with Gasteiger partial charge in [-0.25, -0.2) is 4.79 Å². The Morgan fingerprint density at radius 2 is 1.75 bits per heavy atom. The summed E-state index contributed by atoms with van der Waals surface area (Å²) in [5.74, 6) is -0.0779. The Labute approximate surface area is 144 Å². The lowest BCUT2D eigenvalue weighted by atomic mass is 9.87. The van der Waals surface area contributed by atoms with Crippen molar-refractivity contribution >= 4 is 11.9 Å². The maximum absolute atomic E-state index is 12.2. The van der Waals surface area contributed by atoms with Crippen LogP contribution < -0.4 is 5.32 Å². The van der Waals surface area contributed by atoms with Gasteiger partial charge in [0.1, 0.15) is 0 Å². The largest absolute Gasteiger partial charge is 0.435 e. The van der Waals surface area contributed by atoms with Gasteiger partial charge in [-0.2, -0.15) is 0 Å². The summed E-state index contributed by atoms with van der Waals surface area (Å²) in [4.78, 5) is 26.6. The van der Waals surface area contributed by atoms with Gasteiger partial charge in [0.15, 0.2) is 11.4 Å². The maximum atomic E-state index is 12.2. The molecule has 1 saturated heterocycles. The van der Waals surface area contributed by atoms with E-state index in [1.54, 1.807) is 0 Å². The molecule has 24 heavy (non-hydrogen) atoms. The number of ether oxygens (including phenoxy) is 1. The Bertz CT molecular complexity index is 570. The number of ketones is 1. The number of carbonyl (C=O) groups is 2. The molecule has 0 aromatic heterocycles. The molecule has 0 bridgehead atoms. The van der Waals surface area contributed by atoms with E-state index < -0.39 is 11.7 Å². The highest BCUT2D eigenvalue weighted by Crippen LogP contribution is 2.29. The number of rotatable bonds is 4. The van der Waals surface area contributed by atoms with Crippen molar-refractivity contribution in [3.05, 3.63) is 35.9 Å². The summed E-state index contributed by atoms with van der Waals surface area (Å²) in [7, 11) is 0. The van der Waals surface area contributed by atoms with Gasteiger partial charge in [0.25, 0.3) is 0 Å². The minimum atomic E-state index is -0.997. The number of carbonyl (C=O) groups excluding carboxylic acids is 2. The molecule has 1 N–H and O–H groups in total. The molecular formula is C19H28N2O3. The minimum absolute atomic E-state index is 0.0779. The zero-order chi connectivity index (χ0) is 17.8. The van der Waals surface area contributed by atoms with Gasteiger partial charge in [-0.15, -0.1) is 0 Å². The number of nitrogens with zero attached hydrogens (tertiary/aromatic N) is 1. The highest BCUT2D eigenvalue weighted by molar-refractivity contribution is 5.87. The third kappa shape index (κ3) is 5.06. The van der Waals surface area contributed by atoms with Crippen molar-refractivity contribution in [1.29, 1.82) is 0 Å². The molecule has 1 aliphatic rings. The van der Waals surface area contributed by atoms with Gasteiger partial charge in [0, 0.05) is 38.0 Å². The van der Waals surface area contributed by atoms with Crippen molar-refractivity contribution in [3.63, 3.8) is 0 Å². The van der Waals surface area contributed by atoms with Crippen LogP contribution in [-0.4, -0.2) is 41.0 Å². The molecule has 1 heterocycles. The van der Waals surface area contributed by atoms with E-state index in [2.05, 4.69) is 22.3 Å². The van der Waals surface area contributed by atoms with Crippen LogP contribution in [0.2, 0.25) is 0 Å². The second kappa shape index (κ2) is 7.34. The average Bonchev–Trinajstić information content (AvgIpc) is 2.48. The normalized spacial score (nSPS) is 18.0. The first-order valence-electron chi connectivity index (χ1n) is 8.49. The van der Waals surface area contributed by atoms with E-state index in [9.17, 15) is 9.59 Å². The number of Topliss-reactive ketones (excluding diaryl/α,β-unsaturated/α-hetero) is 1. The predicted octanol–water partition coefficient (Wildman–Crippen LogP) is 3.13. The molecular weight excluding hydrogens is 304 g/mol. The summed E-state index contributed by atoms with van der Waals surface area (Å²) in [6.45, 7) is 9.49. The van der Waals surface area contributed by atoms with E-state index in [4.69, 9.17) is 4.74 Å². The highest BCUT2D eigenvalue weighted by Gasteiger charge is 2.43. The highest BCUT2D eigenvalue weighted by atomic mass is 16.6. The van der Waals surface area contributed by atoms with Crippen molar-refractivity contribution in [2.45, 2.75) is 58.2 Å². The summed E-state index contributed by atoms with van der Waals surface area (Å²) in [6.07, 6.45) is 0.550. The molecule has 5 nitrogen and oxygen atoms in total. The molecule has 2 rings (SSSR count). The Balaban J connectivity index is 1.96. The fourth-order valence-corrected chi connectivity index (χ4v) is 2.95.